The lowest BCUT2D eigenvalue weighted by Gasteiger charge is -2.17. The molecule has 0 fully saturated rings. The molecule has 0 bridgehead atoms. The summed E-state index contributed by atoms with van der Waals surface area (Å²) in [5.74, 6) is 0.491. The molecule has 13 heavy (non-hydrogen) atoms. The molecule has 0 aliphatic heterocycles. The number of ether oxygens (including phenoxy) is 1. The van der Waals surface area contributed by atoms with E-state index in [4.69, 9.17) is 4.74 Å². The van der Waals surface area contributed by atoms with Crippen molar-refractivity contribution in [1.82, 2.24) is 0 Å². The molecule has 1 nitrogen and oxygen atoms in total. The topological polar surface area (TPSA) is 9.23 Å². The minimum absolute atomic E-state index is 0.491. The molecule has 71 valence electrons. The third-order valence-electron chi connectivity index (χ3n) is 2.13. The molecule has 0 saturated carbocycles. The van der Waals surface area contributed by atoms with Crippen LogP contribution in [0.15, 0.2) is 30.3 Å². The van der Waals surface area contributed by atoms with Crippen LogP contribution in [0.1, 0.15) is 19.4 Å². The van der Waals surface area contributed by atoms with E-state index < -0.39 is 0 Å². The normalized spacial score (nSPS) is 11.2. The minimum Gasteiger partial charge on any atom is -0.375 e. The number of hydrogen-bond acceptors (Lipinski definition) is 1. The molecule has 0 heterocycles. The first-order valence-corrected chi connectivity index (χ1v) is 4.67. The third kappa shape index (κ3) is 3.19. The van der Waals surface area contributed by atoms with Crippen LogP contribution in [-0.2, 0) is 11.2 Å². The fraction of sp³-hybridized carbons (Fsp3) is 0.417. The first kappa shape index (κ1) is 10.3. The maximum Gasteiger partial charge on any atom is 0.103 e. The summed E-state index contributed by atoms with van der Waals surface area (Å²) in [7, 11) is 1.75. The van der Waals surface area contributed by atoms with E-state index in [0.29, 0.717) is 5.92 Å². The van der Waals surface area contributed by atoms with Gasteiger partial charge in [-0.3, -0.25) is 0 Å². The fourth-order valence-corrected chi connectivity index (χ4v) is 1.31. The van der Waals surface area contributed by atoms with Crippen LogP contribution in [0.2, 0.25) is 0 Å². The molecular weight excluding hydrogens is 160 g/mol. The molecule has 0 amide bonds. The summed E-state index contributed by atoms with van der Waals surface area (Å²) < 4.78 is 5.33. The van der Waals surface area contributed by atoms with Crippen molar-refractivity contribution >= 4 is 0 Å². The second-order valence-corrected chi connectivity index (χ2v) is 3.49. The highest BCUT2D eigenvalue weighted by Gasteiger charge is 2.13. The summed E-state index contributed by atoms with van der Waals surface area (Å²) in [5.41, 5.74) is 1.31. The molecule has 1 heteroatoms. The summed E-state index contributed by atoms with van der Waals surface area (Å²) in [6, 6.07) is 10.4. The summed E-state index contributed by atoms with van der Waals surface area (Å²) in [6.45, 7) is 4.31. The molecule has 0 N–H and O–H groups in total. The van der Waals surface area contributed by atoms with E-state index in [0.717, 1.165) is 12.5 Å². The summed E-state index contributed by atoms with van der Waals surface area (Å²) >= 11 is 0. The summed E-state index contributed by atoms with van der Waals surface area (Å²) in [5, 5.41) is 0. The molecule has 0 spiro atoms. The van der Waals surface area contributed by atoms with Crippen molar-refractivity contribution in [2.45, 2.75) is 20.3 Å². The van der Waals surface area contributed by atoms with E-state index in [1.165, 1.54) is 5.56 Å². The molecular formula is C12H17O. The Morgan fingerprint density at radius 1 is 1.23 bits per heavy atom. The zero-order valence-corrected chi connectivity index (χ0v) is 8.58. The van der Waals surface area contributed by atoms with Gasteiger partial charge in [-0.25, -0.2) is 0 Å². The zero-order chi connectivity index (χ0) is 9.68. The Morgan fingerprint density at radius 2 is 1.85 bits per heavy atom. The van der Waals surface area contributed by atoms with Gasteiger partial charge < -0.3 is 4.74 Å². The highest BCUT2D eigenvalue weighted by atomic mass is 16.5. The van der Waals surface area contributed by atoms with Gasteiger partial charge in [0.1, 0.15) is 6.10 Å². The number of hydrogen-bond donors (Lipinski definition) is 0. The average Bonchev–Trinajstić information content (AvgIpc) is 2.15. The Kier molecular flexibility index (Phi) is 3.97. The van der Waals surface area contributed by atoms with Gasteiger partial charge in [-0.05, 0) is 11.5 Å². The number of benzene rings is 1. The highest BCUT2D eigenvalue weighted by molar-refractivity contribution is 5.17. The van der Waals surface area contributed by atoms with Crippen molar-refractivity contribution in [3.8, 4) is 0 Å². The van der Waals surface area contributed by atoms with Crippen LogP contribution >= 0.6 is 0 Å². The lowest BCUT2D eigenvalue weighted by molar-refractivity contribution is 0.164. The van der Waals surface area contributed by atoms with Crippen LogP contribution in [0.3, 0.4) is 0 Å². The van der Waals surface area contributed by atoms with Gasteiger partial charge in [0.15, 0.2) is 0 Å². The van der Waals surface area contributed by atoms with Crippen LogP contribution in [0.25, 0.3) is 0 Å². The molecule has 0 unspecified atom stereocenters. The number of methoxy groups -OCH3 is 1. The van der Waals surface area contributed by atoms with Crippen molar-refractivity contribution in [2.24, 2.45) is 5.92 Å². The molecule has 0 aromatic heterocycles. The Morgan fingerprint density at radius 3 is 2.31 bits per heavy atom. The molecule has 0 saturated heterocycles. The summed E-state index contributed by atoms with van der Waals surface area (Å²) in [4.78, 5) is 0. The van der Waals surface area contributed by atoms with Gasteiger partial charge in [0, 0.05) is 13.5 Å². The van der Waals surface area contributed by atoms with Crippen molar-refractivity contribution in [2.75, 3.05) is 7.11 Å². The SMILES string of the molecule is CO[C](Cc1ccccc1)C(C)C. The quantitative estimate of drug-likeness (QED) is 0.686. The van der Waals surface area contributed by atoms with E-state index in [1.807, 2.05) is 6.07 Å². The van der Waals surface area contributed by atoms with Gasteiger partial charge in [-0.15, -0.1) is 0 Å². The maximum atomic E-state index is 5.33. The first-order valence-electron chi connectivity index (χ1n) is 4.67. The maximum absolute atomic E-state index is 5.33. The molecule has 0 aliphatic rings. The van der Waals surface area contributed by atoms with E-state index in [-0.39, 0.29) is 0 Å². The van der Waals surface area contributed by atoms with Crippen molar-refractivity contribution < 1.29 is 4.74 Å². The van der Waals surface area contributed by atoms with Gasteiger partial charge in [0.25, 0.3) is 0 Å². The Bertz CT molecular complexity index is 228. The Hall–Kier alpha value is -0.820. The van der Waals surface area contributed by atoms with E-state index >= 15 is 0 Å². The minimum atomic E-state index is 0.491. The van der Waals surface area contributed by atoms with Crippen molar-refractivity contribution in [3.05, 3.63) is 42.0 Å². The molecule has 1 aromatic rings. The fourth-order valence-electron chi connectivity index (χ4n) is 1.31. The van der Waals surface area contributed by atoms with Gasteiger partial charge in [-0.1, -0.05) is 44.2 Å². The Labute approximate surface area is 80.7 Å². The van der Waals surface area contributed by atoms with Crippen LogP contribution in [0, 0.1) is 12.0 Å². The van der Waals surface area contributed by atoms with Gasteiger partial charge >= 0.3 is 0 Å². The predicted octanol–water partition coefficient (Wildman–Crippen LogP) is 3.06. The van der Waals surface area contributed by atoms with E-state index in [2.05, 4.69) is 38.1 Å². The smallest absolute Gasteiger partial charge is 0.103 e. The lowest BCUT2D eigenvalue weighted by atomic mass is 9.99. The average molecular weight is 177 g/mol. The number of rotatable bonds is 4. The van der Waals surface area contributed by atoms with Crippen molar-refractivity contribution in [3.63, 3.8) is 0 Å². The van der Waals surface area contributed by atoms with Crippen LogP contribution < -0.4 is 0 Å². The molecule has 0 atom stereocenters. The van der Waals surface area contributed by atoms with E-state index in [1.54, 1.807) is 7.11 Å². The van der Waals surface area contributed by atoms with Gasteiger partial charge in [-0.2, -0.15) is 0 Å². The molecule has 1 rings (SSSR count). The monoisotopic (exact) mass is 177 g/mol. The van der Waals surface area contributed by atoms with E-state index in [9.17, 15) is 0 Å². The standard InChI is InChI=1S/C12H17O/c1-10(2)12(13-3)9-11-7-5-4-6-8-11/h4-8,10H,9H2,1-3H3. The lowest BCUT2D eigenvalue weighted by Crippen LogP contribution is -2.11. The molecule has 1 radical (unpaired) electrons. The summed E-state index contributed by atoms with van der Waals surface area (Å²) in [6.07, 6.45) is 2.07. The Balaban J connectivity index is 2.57. The van der Waals surface area contributed by atoms with Crippen molar-refractivity contribution in [1.29, 1.82) is 0 Å². The second kappa shape index (κ2) is 5.03. The largest absolute Gasteiger partial charge is 0.375 e. The van der Waals surface area contributed by atoms with Gasteiger partial charge in [0.05, 0.1) is 0 Å². The predicted molar refractivity (Wildman–Crippen MR) is 55.2 cm³/mol. The van der Waals surface area contributed by atoms with Crippen LogP contribution in [-0.4, -0.2) is 7.11 Å². The zero-order valence-electron chi connectivity index (χ0n) is 8.58. The molecule has 0 aliphatic carbocycles. The van der Waals surface area contributed by atoms with Crippen LogP contribution in [0.5, 0.6) is 0 Å². The van der Waals surface area contributed by atoms with Crippen LogP contribution in [0.4, 0.5) is 0 Å². The third-order valence-corrected chi connectivity index (χ3v) is 2.13. The second-order valence-electron chi connectivity index (χ2n) is 3.49. The van der Waals surface area contributed by atoms with Gasteiger partial charge in [0.2, 0.25) is 0 Å². The molecule has 1 aromatic carbocycles. The first-order chi connectivity index (χ1) is 6.24. The highest BCUT2D eigenvalue weighted by Crippen LogP contribution is 2.19.